The Morgan fingerprint density at radius 1 is 0.974 bits per heavy atom. The molecule has 0 spiro atoms. The third kappa shape index (κ3) is 3.87. The van der Waals surface area contributed by atoms with Gasteiger partial charge in [0.15, 0.2) is 0 Å². The van der Waals surface area contributed by atoms with Gasteiger partial charge in [-0.25, -0.2) is 4.90 Å². The summed E-state index contributed by atoms with van der Waals surface area (Å²) in [5.41, 5.74) is 2.65. The van der Waals surface area contributed by atoms with E-state index in [9.17, 15) is 19.2 Å². The molecule has 4 aliphatic rings. The van der Waals surface area contributed by atoms with Crippen LogP contribution in [0, 0.1) is 43.4 Å². The number of nitrogens with zero attached hydrogens (tertiary/aromatic N) is 2. The van der Waals surface area contributed by atoms with E-state index in [0.717, 1.165) is 12.0 Å². The Labute approximate surface area is 242 Å². The number of fused-ring (bicyclic) bond motifs is 5. The van der Waals surface area contributed by atoms with Crippen molar-refractivity contribution in [2.45, 2.75) is 36.3 Å². The molecule has 2 saturated carbocycles. The van der Waals surface area contributed by atoms with E-state index in [-0.39, 0.29) is 64.0 Å². The second-order valence-corrected chi connectivity index (χ2v) is 13.2. The largest absolute Gasteiger partial charge is 0.426 e. The highest BCUT2D eigenvalue weighted by atomic mass is 79.9. The highest BCUT2D eigenvalue weighted by Gasteiger charge is 2.66. The first-order valence-corrected chi connectivity index (χ1v) is 14.8. The maximum Gasteiger partial charge on any atom is 0.316 e. The number of hydrogen-bond acceptors (Lipinski definition) is 5. The van der Waals surface area contributed by atoms with Crippen LogP contribution in [-0.4, -0.2) is 39.9 Å². The molecule has 198 valence electrons. The first-order valence-electron chi connectivity index (χ1n) is 12.6. The summed E-state index contributed by atoms with van der Waals surface area (Å²) in [4.78, 5) is 55.7. The molecule has 0 radical (unpaired) electrons. The van der Waals surface area contributed by atoms with Crippen molar-refractivity contribution in [1.82, 2.24) is 0 Å². The fourth-order valence-corrected chi connectivity index (χ4v) is 8.76. The molecule has 0 N–H and O–H groups in total. The number of aryl methyl sites for hydroxylation is 1. The minimum Gasteiger partial charge on any atom is -0.426 e. The zero-order valence-electron chi connectivity index (χ0n) is 20.7. The molecule has 2 aromatic carbocycles. The number of rotatable bonds is 4. The van der Waals surface area contributed by atoms with Gasteiger partial charge in [0.2, 0.25) is 17.7 Å². The van der Waals surface area contributed by atoms with E-state index < -0.39 is 11.9 Å². The lowest BCUT2D eigenvalue weighted by Gasteiger charge is -2.28. The predicted octanol–water partition coefficient (Wildman–Crippen LogP) is 5.20. The van der Waals surface area contributed by atoms with Gasteiger partial charge in [0.1, 0.15) is 5.75 Å². The van der Waals surface area contributed by atoms with Crippen LogP contribution < -0.4 is 14.5 Å². The van der Waals surface area contributed by atoms with Crippen molar-refractivity contribution >= 4 is 78.5 Å². The minimum absolute atomic E-state index is 0.0485. The van der Waals surface area contributed by atoms with Gasteiger partial charge in [-0.3, -0.25) is 19.2 Å². The van der Waals surface area contributed by atoms with Gasteiger partial charge in [-0.1, -0.05) is 49.5 Å². The molecule has 10 heteroatoms. The lowest BCUT2D eigenvalue weighted by Crippen LogP contribution is -2.37. The first-order chi connectivity index (χ1) is 18.1. The maximum atomic E-state index is 13.4. The van der Waals surface area contributed by atoms with Crippen molar-refractivity contribution in [1.29, 1.82) is 0 Å². The van der Waals surface area contributed by atoms with Crippen molar-refractivity contribution < 1.29 is 23.9 Å². The Bertz CT molecular complexity index is 1370. The van der Waals surface area contributed by atoms with Crippen LogP contribution >= 0.6 is 43.5 Å². The molecule has 2 aliphatic heterocycles. The topological polar surface area (TPSA) is 84.0 Å². The van der Waals surface area contributed by atoms with Gasteiger partial charge in [-0.15, -0.1) is 0 Å². The standard InChI is InChI=1S/C28H25Br2ClN2O5/c1-12-8-15(38-28(37)14-9-21(34)32(11-14)20-5-3-4-18(31)13(20)2)6-7-19(12)33-26(35)22-16-10-17(23(22)27(33)36)25(30)24(16)29/h3-8,14,16-17,22-25H,9-11H2,1-2H3/t14-,16-,17-,22-,23-,24+,25+/m1/s1. The number of hydrogen-bond donors (Lipinski definition) is 0. The number of alkyl halides is 2. The van der Waals surface area contributed by atoms with Crippen molar-refractivity contribution in [3.8, 4) is 5.75 Å². The summed E-state index contributed by atoms with van der Waals surface area (Å²) in [7, 11) is 0. The zero-order chi connectivity index (χ0) is 27.0. The van der Waals surface area contributed by atoms with Crippen molar-refractivity contribution in [3.05, 3.63) is 52.5 Å². The Kier molecular flexibility index (Phi) is 6.47. The van der Waals surface area contributed by atoms with Crippen LogP contribution in [0.1, 0.15) is 24.0 Å². The monoisotopic (exact) mass is 662 g/mol. The maximum absolute atomic E-state index is 13.4. The quantitative estimate of drug-likeness (QED) is 0.194. The van der Waals surface area contributed by atoms with Crippen molar-refractivity contribution in [2.75, 3.05) is 16.3 Å². The van der Waals surface area contributed by atoms with Crippen LogP contribution in [0.4, 0.5) is 11.4 Å². The van der Waals surface area contributed by atoms with Crippen LogP contribution in [0.2, 0.25) is 5.02 Å². The number of benzene rings is 2. The molecule has 0 unspecified atom stereocenters. The summed E-state index contributed by atoms with van der Waals surface area (Å²) in [6, 6.07) is 10.3. The van der Waals surface area contributed by atoms with Crippen LogP contribution in [0.3, 0.4) is 0 Å². The molecule has 2 aromatic rings. The van der Waals surface area contributed by atoms with Gasteiger partial charge in [0, 0.05) is 33.3 Å². The Morgan fingerprint density at radius 3 is 2.26 bits per heavy atom. The highest BCUT2D eigenvalue weighted by molar-refractivity contribution is 9.12. The average molecular weight is 665 g/mol. The number of halogens is 3. The number of esters is 1. The van der Waals surface area contributed by atoms with E-state index in [0.29, 0.717) is 27.7 Å². The smallest absolute Gasteiger partial charge is 0.316 e. The summed E-state index contributed by atoms with van der Waals surface area (Å²) in [5.74, 6) is -1.59. The Hall–Kier alpha value is -2.23. The van der Waals surface area contributed by atoms with E-state index in [1.807, 2.05) is 13.0 Å². The van der Waals surface area contributed by atoms with Gasteiger partial charge in [-0.05, 0) is 73.6 Å². The van der Waals surface area contributed by atoms with Crippen LogP contribution in [0.5, 0.6) is 5.75 Å². The molecule has 2 aliphatic carbocycles. The molecule has 0 aromatic heterocycles. The van der Waals surface area contributed by atoms with E-state index in [1.54, 1.807) is 42.2 Å². The fraction of sp³-hybridized carbons (Fsp3) is 0.429. The molecule has 7 nitrogen and oxygen atoms in total. The molecule has 2 heterocycles. The number of imide groups is 1. The van der Waals surface area contributed by atoms with Gasteiger partial charge >= 0.3 is 5.97 Å². The summed E-state index contributed by atoms with van der Waals surface area (Å²) in [5, 5.41) is 0.558. The van der Waals surface area contributed by atoms with E-state index in [2.05, 4.69) is 31.9 Å². The second kappa shape index (κ2) is 9.45. The normalized spacial score (nSPS) is 31.9. The minimum atomic E-state index is -0.619. The molecule has 7 atom stereocenters. The van der Waals surface area contributed by atoms with E-state index in [1.165, 1.54) is 4.90 Å². The van der Waals surface area contributed by atoms with Gasteiger partial charge < -0.3 is 9.64 Å². The Balaban J connectivity index is 1.17. The fourth-order valence-electron chi connectivity index (χ4n) is 6.71. The lowest BCUT2D eigenvalue weighted by molar-refractivity contribution is -0.139. The summed E-state index contributed by atoms with van der Waals surface area (Å²) >= 11 is 13.6. The average Bonchev–Trinajstić information content (AvgIpc) is 3.59. The predicted molar refractivity (Wildman–Crippen MR) is 150 cm³/mol. The summed E-state index contributed by atoms with van der Waals surface area (Å²) < 4.78 is 5.64. The third-order valence-electron chi connectivity index (χ3n) is 8.60. The SMILES string of the molecule is Cc1cc(OC(=O)[C@@H]2CC(=O)N(c3cccc(Cl)c3C)C2)ccc1N1C(=O)[C@@H]2[C@H]3C[C@@H]([C@H](Br)[C@H]3Br)[C@H]2C1=O. The third-order valence-corrected chi connectivity index (χ3v) is 12.2. The molecule has 4 fully saturated rings. The zero-order valence-corrected chi connectivity index (χ0v) is 24.6. The molecular weight excluding hydrogens is 640 g/mol. The molecule has 6 rings (SSSR count). The van der Waals surface area contributed by atoms with Crippen LogP contribution in [-0.2, 0) is 19.2 Å². The summed E-state index contributed by atoms with van der Waals surface area (Å²) in [6.45, 7) is 3.84. The molecule has 38 heavy (non-hydrogen) atoms. The van der Waals surface area contributed by atoms with E-state index in [4.69, 9.17) is 16.3 Å². The van der Waals surface area contributed by atoms with Crippen LogP contribution in [0.25, 0.3) is 0 Å². The van der Waals surface area contributed by atoms with E-state index >= 15 is 0 Å². The number of carbonyl (C=O) groups is 4. The highest BCUT2D eigenvalue weighted by Crippen LogP contribution is 2.60. The van der Waals surface area contributed by atoms with Crippen molar-refractivity contribution in [2.24, 2.45) is 29.6 Å². The molecule has 3 amide bonds. The number of amides is 3. The second-order valence-electron chi connectivity index (χ2n) is 10.7. The van der Waals surface area contributed by atoms with Crippen LogP contribution in [0.15, 0.2) is 36.4 Å². The molecule has 2 saturated heterocycles. The number of anilines is 2. The van der Waals surface area contributed by atoms with Gasteiger partial charge in [0.05, 0.1) is 23.4 Å². The van der Waals surface area contributed by atoms with Gasteiger partial charge in [0.25, 0.3) is 0 Å². The molecule has 2 bridgehead atoms. The number of carbonyl (C=O) groups excluding carboxylic acids is 4. The first kappa shape index (κ1) is 26.0. The lowest BCUT2D eigenvalue weighted by atomic mass is 9.81. The molecular formula is C28H25Br2ClN2O5. The van der Waals surface area contributed by atoms with Crippen molar-refractivity contribution in [3.63, 3.8) is 0 Å². The van der Waals surface area contributed by atoms with Gasteiger partial charge in [-0.2, -0.15) is 0 Å². The number of ether oxygens (including phenoxy) is 1. The summed E-state index contributed by atoms with van der Waals surface area (Å²) in [6.07, 6.45) is 0.922. The Morgan fingerprint density at radius 2 is 1.63 bits per heavy atom.